The third-order valence-corrected chi connectivity index (χ3v) is 8.97. The van der Waals surface area contributed by atoms with Gasteiger partial charge in [0.15, 0.2) is 6.10 Å². The molecule has 0 aliphatic heterocycles. The molecule has 9 heteroatoms. The largest absolute Gasteiger partial charge is 0.462 e. The van der Waals surface area contributed by atoms with Crippen LogP contribution in [-0.2, 0) is 23.9 Å². The molecule has 9 nitrogen and oxygen atoms in total. The summed E-state index contributed by atoms with van der Waals surface area (Å²) in [5.41, 5.74) is 0. The van der Waals surface area contributed by atoms with Crippen molar-refractivity contribution in [1.82, 2.24) is 0 Å². The molecule has 1 fully saturated rings. The van der Waals surface area contributed by atoms with Crippen molar-refractivity contribution >= 4 is 17.7 Å². The first-order chi connectivity index (χ1) is 22.1. The minimum atomic E-state index is -0.892. The second kappa shape index (κ2) is 26.2. The van der Waals surface area contributed by atoms with Gasteiger partial charge in [0.2, 0.25) is 0 Å². The highest BCUT2D eigenvalue weighted by molar-refractivity contribution is 5.79. The normalized spacial score (nSPS) is 21.1. The fourth-order valence-electron chi connectivity index (χ4n) is 6.09. The van der Waals surface area contributed by atoms with Crippen molar-refractivity contribution in [2.24, 2.45) is 17.8 Å². The maximum absolute atomic E-state index is 12.6. The fourth-order valence-corrected chi connectivity index (χ4v) is 6.09. The Morgan fingerprint density at radius 3 is 2.02 bits per heavy atom. The first kappa shape index (κ1) is 42.2. The number of aliphatic hydroxyl groups excluding tert-OH is 4. The number of carbonyl (C=O) groups is 3. The lowest BCUT2D eigenvalue weighted by Gasteiger charge is -2.20. The van der Waals surface area contributed by atoms with E-state index in [-0.39, 0.29) is 50.4 Å². The molecule has 46 heavy (non-hydrogen) atoms. The summed E-state index contributed by atoms with van der Waals surface area (Å²) in [6.45, 7) is 5.98. The van der Waals surface area contributed by atoms with Crippen LogP contribution in [0.1, 0.15) is 149 Å². The van der Waals surface area contributed by atoms with Gasteiger partial charge < -0.3 is 29.9 Å². The molecular weight excluding hydrogens is 588 g/mol. The smallest absolute Gasteiger partial charge is 0.306 e. The van der Waals surface area contributed by atoms with Crippen LogP contribution in [0.15, 0.2) is 12.2 Å². The Hall–Kier alpha value is -1.81. The summed E-state index contributed by atoms with van der Waals surface area (Å²) in [6.07, 6.45) is 16.3. The van der Waals surface area contributed by atoms with Crippen molar-refractivity contribution in [3.8, 4) is 0 Å². The molecule has 268 valence electrons. The zero-order chi connectivity index (χ0) is 34.2. The maximum Gasteiger partial charge on any atom is 0.306 e. The SMILES string of the molecule is CCCCC[C@H](O)/C=C/[C@@H]1[C@@H](CC(=O)CCCCC(=O)OC[C@H](CO)OC(=O)CCCCCCCCCCC(C)C)[C@@H](O)C[C@H]1O. The lowest BCUT2D eigenvalue weighted by atomic mass is 9.87. The van der Waals surface area contributed by atoms with E-state index in [2.05, 4.69) is 20.8 Å². The number of carbonyl (C=O) groups excluding carboxylic acids is 3. The predicted molar refractivity (Wildman–Crippen MR) is 180 cm³/mol. The van der Waals surface area contributed by atoms with Gasteiger partial charge >= 0.3 is 11.9 Å². The summed E-state index contributed by atoms with van der Waals surface area (Å²) in [4.78, 5) is 37.0. The number of ketones is 1. The van der Waals surface area contributed by atoms with Crippen molar-refractivity contribution in [2.45, 2.75) is 174 Å². The van der Waals surface area contributed by atoms with Crippen molar-refractivity contribution in [2.75, 3.05) is 13.2 Å². The van der Waals surface area contributed by atoms with Crippen LogP contribution in [-0.4, -0.2) is 75.8 Å². The van der Waals surface area contributed by atoms with Crippen LogP contribution < -0.4 is 0 Å². The number of Topliss-reactive ketones (excluding diaryl/α,β-unsaturated/α-hetero) is 1. The molecule has 0 spiro atoms. The highest BCUT2D eigenvalue weighted by Crippen LogP contribution is 2.36. The standard InChI is InChI=1S/C37H66O9/c1-4-5-12-18-29(39)22-23-32-33(35(42)25-34(32)41)24-30(40)19-15-16-20-36(43)45-27-31(26-38)46-37(44)21-14-11-9-7-6-8-10-13-17-28(2)3/h22-23,28-29,31-35,38-39,41-42H,4-21,24-27H2,1-3H3/b23-22+/t29-,31-,32+,33+,34+,35-/m0/s1. The Labute approximate surface area is 278 Å². The molecule has 0 amide bonds. The summed E-state index contributed by atoms with van der Waals surface area (Å²) in [5.74, 6) is -0.941. The zero-order valence-corrected chi connectivity index (χ0v) is 29.1. The summed E-state index contributed by atoms with van der Waals surface area (Å²) in [7, 11) is 0. The highest BCUT2D eigenvalue weighted by Gasteiger charge is 2.41. The molecule has 0 radical (unpaired) electrons. The predicted octanol–water partition coefficient (Wildman–Crippen LogP) is 6.37. The first-order valence-electron chi connectivity index (χ1n) is 18.3. The topological polar surface area (TPSA) is 151 Å². The second-order valence-corrected chi connectivity index (χ2v) is 13.7. The molecule has 0 aromatic rings. The van der Waals surface area contributed by atoms with Crippen LogP contribution in [0.25, 0.3) is 0 Å². The Balaban J connectivity index is 2.20. The van der Waals surface area contributed by atoms with Crippen molar-refractivity contribution in [1.29, 1.82) is 0 Å². The number of ether oxygens (including phenoxy) is 2. The number of hydrogen-bond donors (Lipinski definition) is 4. The fraction of sp³-hybridized carbons (Fsp3) is 0.865. The van der Waals surface area contributed by atoms with E-state index >= 15 is 0 Å². The van der Waals surface area contributed by atoms with E-state index in [1.807, 2.05) is 0 Å². The minimum absolute atomic E-state index is 0.0437. The minimum Gasteiger partial charge on any atom is -0.462 e. The molecule has 1 aliphatic carbocycles. The van der Waals surface area contributed by atoms with Gasteiger partial charge in [-0.15, -0.1) is 0 Å². The highest BCUT2D eigenvalue weighted by atomic mass is 16.6. The number of aliphatic hydroxyl groups is 4. The molecule has 0 aromatic heterocycles. The van der Waals surface area contributed by atoms with Gasteiger partial charge in [0.1, 0.15) is 12.4 Å². The van der Waals surface area contributed by atoms with E-state index in [0.717, 1.165) is 44.4 Å². The molecule has 4 N–H and O–H groups in total. The van der Waals surface area contributed by atoms with E-state index in [1.54, 1.807) is 12.2 Å². The van der Waals surface area contributed by atoms with Crippen molar-refractivity contribution in [3.63, 3.8) is 0 Å². The van der Waals surface area contributed by atoms with Crippen LogP contribution in [0.2, 0.25) is 0 Å². The third-order valence-electron chi connectivity index (χ3n) is 8.97. The summed E-state index contributed by atoms with van der Waals surface area (Å²) in [6, 6.07) is 0. The summed E-state index contributed by atoms with van der Waals surface area (Å²) < 4.78 is 10.5. The van der Waals surface area contributed by atoms with Gasteiger partial charge in [-0.2, -0.15) is 0 Å². The number of esters is 2. The molecule has 6 atom stereocenters. The average Bonchev–Trinajstić information content (AvgIpc) is 3.27. The number of unbranched alkanes of at least 4 members (excludes halogenated alkanes) is 10. The quantitative estimate of drug-likeness (QED) is 0.0429. The lowest BCUT2D eigenvalue weighted by molar-refractivity contribution is -0.161. The molecule has 1 aliphatic rings. The van der Waals surface area contributed by atoms with E-state index < -0.39 is 48.9 Å². The molecule has 1 rings (SSSR count). The molecule has 0 bridgehead atoms. The van der Waals surface area contributed by atoms with E-state index in [9.17, 15) is 34.8 Å². The molecule has 1 saturated carbocycles. The van der Waals surface area contributed by atoms with E-state index in [0.29, 0.717) is 19.3 Å². The molecule has 0 unspecified atom stereocenters. The van der Waals surface area contributed by atoms with Crippen molar-refractivity contribution < 1.29 is 44.3 Å². The third kappa shape index (κ3) is 20.4. The molecule has 0 saturated heterocycles. The molecule has 0 heterocycles. The molecule has 0 aromatic carbocycles. The number of rotatable bonds is 28. The van der Waals surface area contributed by atoms with E-state index in [1.165, 1.54) is 38.5 Å². The lowest BCUT2D eigenvalue weighted by Crippen LogP contribution is -2.28. The molecular formula is C37H66O9. The Kier molecular flexibility index (Phi) is 24.0. The van der Waals surface area contributed by atoms with Gasteiger partial charge in [-0.25, -0.2) is 0 Å². The van der Waals surface area contributed by atoms with Crippen molar-refractivity contribution in [3.05, 3.63) is 12.2 Å². The summed E-state index contributed by atoms with van der Waals surface area (Å²) >= 11 is 0. The van der Waals surface area contributed by atoms with Crippen LogP contribution in [0.5, 0.6) is 0 Å². The van der Waals surface area contributed by atoms with Crippen LogP contribution in [0.4, 0.5) is 0 Å². The summed E-state index contributed by atoms with van der Waals surface area (Å²) in [5, 5.41) is 40.6. The Bertz CT molecular complexity index is 843. The average molecular weight is 655 g/mol. The first-order valence-corrected chi connectivity index (χ1v) is 18.3. The van der Waals surface area contributed by atoms with Gasteiger partial charge in [0.05, 0.1) is 24.9 Å². The number of hydrogen-bond acceptors (Lipinski definition) is 9. The van der Waals surface area contributed by atoms with Crippen LogP contribution in [0.3, 0.4) is 0 Å². The van der Waals surface area contributed by atoms with Gasteiger partial charge in [0.25, 0.3) is 0 Å². The van der Waals surface area contributed by atoms with Gasteiger partial charge in [-0.05, 0) is 31.6 Å². The Morgan fingerprint density at radius 2 is 1.37 bits per heavy atom. The van der Waals surface area contributed by atoms with Crippen LogP contribution >= 0.6 is 0 Å². The second-order valence-electron chi connectivity index (χ2n) is 13.7. The zero-order valence-electron chi connectivity index (χ0n) is 29.1. The van der Waals surface area contributed by atoms with Gasteiger partial charge in [-0.3, -0.25) is 14.4 Å². The maximum atomic E-state index is 12.6. The van der Waals surface area contributed by atoms with Gasteiger partial charge in [-0.1, -0.05) is 104 Å². The van der Waals surface area contributed by atoms with Gasteiger partial charge in [0, 0.05) is 43.9 Å². The van der Waals surface area contributed by atoms with Crippen LogP contribution in [0, 0.1) is 17.8 Å². The monoisotopic (exact) mass is 654 g/mol. The Morgan fingerprint density at radius 1 is 0.783 bits per heavy atom. The van der Waals surface area contributed by atoms with E-state index in [4.69, 9.17) is 9.47 Å².